The van der Waals surface area contributed by atoms with Crippen molar-refractivity contribution in [3.8, 4) is 17.2 Å². The molecule has 1 aliphatic rings. The summed E-state index contributed by atoms with van der Waals surface area (Å²) in [5, 5.41) is 11.4. The van der Waals surface area contributed by atoms with Gasteiger partial charge < -0.3 is 19.6 Å². The van der Waals surface area contributed by atoms with Gasteiger partial charge >= 0.3 is 0 Å². The number of nitrogens with zero attached hydrogens (tertiary/aromatic N) is 2. The zero-order valence-electron chi connectivity index (χ0n) is 17.6. The van der Waals surface area contributed by atoms with Gasteiger partial charge in [0.15, 0.2) is 11.5 Å². The zero-order valence-corrected chi connectivity index (χ0v) is 17.6. The van der Waals surface area contributed by atoms with Gasteiger partial charge in [-0.25, -0.2) is 0 Å². The Morgan fingerprint density at radius 3 is 2.77 bits per heavy atom. The van der Waals surface area contributed by atoms with E-state index in [2.05, 4.69) is 33.1 Å². The van der Waals surface area contributed by atoms with E-state index < -0.39 is 0 Å². The molecule has 5 rings (SSSR count). The number of hydrogen-bond acceptors (Lipinski definition) is 5. The van der Waals surface area contributed by atoms with Crippen molar-refractivity contribution in [3.05, 3.63) is 83.3 Å². The highest BCUT2D eigenvalue weighted by atomic mass is 16.5. The number of ether oxygens (including phenoxy) is 2. The number of hydrogen-bond donors (Lipinski definition) is 2. The molecule has 4 aromatic rings. The Kier molecular flexibility index (Phi) is 5.00. The van der Waals surface area contributed by atoms with Crippen LogP contribution in [0.1, 0.15) is 28.4 Å². The Morgan fingerprint density at radius 1 is 1.13 bits per heavy atom. The number of rotatable bonds is 5. The van der Waals surface area contributed by atoms with Crippen LogP contribution in [0.2, 0.25) is 0 Å². The number of methoxy groups -OCH3 is 2. The van der Waals surface area contributed by atoms with Crippen LogP contribution in [-0.4, -0.2) is 40.7 Å². The SMILES string of the molecule is COc1ccc2[nH]c3c(c2c1)CCN(Cc1ccc(OC)c(O)c1)C3c1cccnc1. The predicted molar refractivity (Wildman–Crippen MR) is 120 cm³/mol. The summed E-state index contributed by atoms with van der Waals surface area (Å²) in [5.41, 5.74) is 5.81. The molecule has 1 aliphatic heterocycles. The van der Waals surface area contributed by atoms with Gasteiger partial charge in [-0.05, 0) is 59.5 Å². The number of pyridine rings is 1. The van der Waals surface area contributed by atoms with Crippen LogP contribution in [0.25, 0.3) is 10.9 Å². The molecule has 0 radical (unpaired) electrons. The van der Waals surface area contributed by atoms with Crippen molar-refractivity contribution >= 4 is 10.9 Å². The molecule has 2 aromatic heterocycles. The van der Waals surface area contributed by atoms with Gasteiger partial charge in [0.1, 0.15) is 5.75 Å². The van der Waals surface area contributed by atoms with Gasteiger partial charge in [-0.1, -0.05) is 12.1 Å². The van der Waals surface area contributed by atoms with Crippen molar-refractivity contribution in [1.82, 2.24) is 14.9 Å². The summed E-state index contributed by atoms with van der Waals surface area (Å²) in [6.07, 6.45) is 4.67. The Balaban J connectivity index is 1.58. The molecular formula is C25H25N3O3. The number of aromatic amines is 1. The molecule has 0 amide bonds. The van der Waals surface area contributed by atoms with E-state index in [-0.39, 0.29) is 11.8 Å². The van der Waals surface area contributed by atoms with E-state index in [1.165, 1.54) is 16.6 Å². The van der Waals surface area contributed by atoms with Crippen molar-refractivity contribution in [2.24, 2.45) is 0 Å². The van der Waals surface area contributed by atoms with Gasteiger partial charge in [0.05, 0.1) is 20.3 Å². The third-order valence-corrected chi connectivity index (χ3v) is 6.06. The minimum absolute atomic E-state index is 0.0417. The molecule has 0 bridgehead atoms. The molecule has 2 N–H and O–H groups in total. The lowest BCUT2D eigenvalue weighted by Gasteiger charge is -2.36. The Morgan fingerprint density at radius 2 is 2.03 bits per heavy atom. The van der Waals surface area contributed by atoms with Crippen LogP contribution in [0, 0.1) is 0 Å². The number of phenolic OH excluding ortho intramolecular Hbond substituents is 1. The van der Waals surface area contributed by atoms with Gasteiger partial charge in [0, 0.05) is 42.1 Å². The molecule has 0 aliphatic carbocycles. The molecule has 1 atom stereocenters. The average Bonchev–Trinajstić information content (AvgIpc) is 3.17. The molecule has 0 saturated heterocycles. The highest BCUT2D eigenvalue weighted by Gasteiger charge is 2.32. The highest BCUT2D eigenvalue weighted by molar-refractivity contribution is 5.86. The monoisotopic (exact) mass is 415 g/mol. The van der Waals surface area contributed by atoms with Crippen LogP contribution >= 0.6 is 0 Å². The van der Waals surface area contributed by atoms with Crippen molar-refractivity contribution in [3.63, 3.8) is 0 Å². The fourth-order valence-corrected chi connectivity index (χ4v) is 4.60. The number of phenols is 1. The van der Waals surface area contributed by atoms with Gasteiger partial charge in [-0.15, -0.1) is 0 Å². The van der Waals surface area contributed by atoms with Crippen LogP contribution in [0.4, 0.5) is 0 Å². The largest absolute Gasteiger partial charge is 0.504 e. The first-order valence-corrected chi connectivity index (χ1v) is 10.4. The third kappa shape index (κ3) is 3.49. The Labute approximate surface area is 181 Å². The lowest BCUT2D eigenvalue weighted by molar-refractivity contribution is 0.201. The minimum Gasteiger partial charge on any atom is -0.504 e. The van der Waals surface area contributed by atoms with E-state index in [4.69, 9.17) is 9.47 Å². The average molecular weight is 415 g/mol. The fourth-order valence-electron chi connectivity index (χ4n) is 4.60. The van der Waals surface area contributed by atoms with E-state index in [0.29, 0.717) is 12.3 Å². The zero-order chi connectivity index (χ0) is 21.4. The van der Waals surface area contributed by atoms with Crippen LogP contribution in [0.15, 0.2) is 60.9 Å². The van der Waals surface area contributed by atoms with Crippen molar-refractivity contribution < 1.29 is 14.6 Å². The first kappa shape index (κ1) is 19.5. The quantitative estimate of drug-likeness (QED) is 0.505. The summed E-state index contributed by atoms with van der Waals surface area (Å²) in [5.74, 6) is 1.51. The van der Waals surface area contributed by atoms with E-state index in [0.717, 1.165) is 35.4 Å². The molecule has 0 spiro atoms. The lowest BCUT2D eigenvalue weighted by Crippen LogP contribution is -2.35. The third-order valence-electron chi connectivity index (χ3n) is 6.06. The normalized spacial score (nSPS) is 16.3. The predicted octanol–water partition coefficient (Wildman–Crippen LogP) is 4.43. The van der Waals surface area contributed by atoms with Crippen molar-refractivity contribution in [2.45, 2.75) is 19.0 Å². The van der Waals surface area contributed by atoms with Gasteiger partial charge in [0.2, 0.25) is 0 Å². The number of benzene rings is 2. The Bertz CT molecular complexity index is 1220. The van der Waals surface area contributed by atoms with Crippen molar-refractivity contribution in [2.75, 3.05) is 20.8 Å². The first-order valence-electron chi connectivity index (χ1n) is 10.4. The van der Waals surface area contributed by atoms with E-state index in [1.54, 1.807) is 26.5 Å². The summed E-state index contributed by atoms with van der Waals surface area (Å²) >= 11 is 0. The summed E-state index contributed by atoms with van der Waals surface area (Å²) in [6.45, 7) is 1.60. The molecule has 2 aromatic carbocycles. The molecule has 0 saturated carbocycles. The van der Waals surface area contributed by atoms with E-state index >= 15 is 0 Å². The molecule has 158 valence electrons. The molecule has 3 heterocycles. The van der Waals surface area contributed by atoms with E-state index in [1.807, 2.05) is 30.5 Å². The molecule has 6 heteroatoms. The van der Waals surface area contributed by atoms with Crippen LogP contribution in [0.3, 0.4) is 0 Å². The molecule has 31 heavy (non-hydrogen) atoms. The molecular weight excluding hydrogens is 390 g/mol. The summed E-state index contributed by atoms with van der Waals surface area (Å²) in [6, 6.07) is 15.9. The molecule has 1 unspecified atom stereocenters. The summed E-state index contributed by atoms with van der Waals surface area (Å²) in [7, 11) is 3.26. The number of fused-ring (bicyclic) bond motifs is 3. The van der Waals surface area contributed by atoms with Gasteiger partial charge in [0.25, 0.3) is 0 Å². The molecule has 6 nitrogen and oxygen atoms in total. The summed E-state index contributed by atoms with van der Waals surface area (Å²) in [4.78, 5) is 10.5. The van der Waals surface area contributed by atoms with Crippen LogP contribution in [0.5, 0.6) is 17.2 Å². The standard InChI is InChI=1S/C25H25N3O3/c1-30-18-6-7-21-20(13-18)19-9-11-28(15-16-5-8-23(31-2)22(29)12-16)25(24(19)27-21)17-4-3-10-26-14-17/h3-8,10,12-14,25,27,29H,9,11,15H2,1-2H3. The molecule has 0 fully saturated rings. The van der Waals surface area contributed by atoms with Gasteiger partial charge in [-0.2, -0.15) is 0 Å². The van der Waals surface area contributed by atoms with Crippen molar-refractivity contribution in [1.29, 1.82) is 0 Å². The maximum Gasteiger partial charge on any atom is 0.160 e. The fraction of sp³-hybridized carbons (Fsp3) is 0.240. The number of nitrogens with one attached hydrogen (secondary N) is 1. The number of aromatic nitrogens is 2. The van der Waals surface area contributed by atoms with E-state index in [9.17, 15) is 5.11 Å². The minimum atomic E-state index is 0.0417. The lowest BCUT2D eigenvalue weighted by atomic mass is 9.92. The van der Waals surface area contributed by atoms with Crippen LogP contribution in [-0.2, 0) is 13.0 Å². The first-order chi connectivity index (χ1) is 15.2. The topological polar surface area (TPSA) is 70.6 Å². The Hall–Kier alpha value is -3.51. The smallest absolute Gasteiger partial charge is 0.160 e. The number of H-pyrrole nitrogens is 1. The highest BCUT2D eigenvalue weighted by Crippen LogP contribution is 2.40. The second-order valence-corrected chi connectivity index (χ2v) is 7.84. The summed E-state index contributed by atoms with van der Waals surface area (Å²) < 4.78 is 10.6. The van der Waals surface area contributed by atoms with Crippen LogP contribution < -0.4 is 9.47 Å². The second kappa shape index (κ2) is 7.96. The van der Waals surface area contributed by atoms with Gasteiger partial charge in [-0.3, -0.25) is 9.88 Å². The number of aromatic hydroxyl groups is 1. The second-order valence-electron chi connectivity index (χ2n) is 7.84. The maximum absolute atomic E-state index is 10.2. The maximum atomic E-state index is 10.2.